The van der Waals surface area contributed by atoms with Crippen molar-refractivity contribution in [1.29, 1.82) is 0 Å². The van der Waals surface area contributed by atoms with E-state index < -0.39 is 0 Å². The molecule has 1 aromatic carbocycles. The van der Waals surface area contributed by atoms with Crippen molar-refractivity contribution in [3.05, 3.63) is 24.3 Å². The van der Waals surface area contributed by atoms with Crippen molar-refractivity contribution in [2.75, 3.05) is 32.0 Å². The molecule has 0 aromatic heterocycles. The Bertz CT molecular complexity index is 410. The number of anilines is 1. The highest BCUT2D eigenvalue weighted by atomic mass is 16.5. The second kappa shape index (κ2) is 9.20. The van der Waals surface area contributed by atoms with E-state index in [0.29, 0.717) is 18.8 Å². The maximum Gasteiger partial charge on any atom is 0.231 e. The van der Waals surface area contributed by atoms with Gasteiger partial charge in [0, 0.05) is 18.3 Å². The Balaban J connectivity index is 2.27. The van der Waals surface area contributed by atoms with E-state index in [2.05, 4.69) is 11.8 Å². The molecule has 0 radical (unpaired) electrons. The fourth-order valence-electron chi connectivity index (χ4n) is 1.95. The number of hydrogen-bond acceptors (Lipinski definition) is 4. The zero-order valence-electron chi connectivity index (χ0n) is 12.2. The summed E-state index contributed by atoms with van der Waals surface area (Å²) in [6.45, 7) is 4.76. The molecule has 4 N–H and O–H groups in total. The minimum atomic E-state index is -0.280. The largest absolute Gasteiger partial charge is 0.493 e. The van der Waals surface area contributed by atoms with Gasteiger partial charge in [0.1, 0.15) is 5.75 Å². The summed E-state index contributed by atoms with van der Waals surface area (Å²) >= 11 is 0. The molecule has 0 spiro atoms. The van der Waals surface area contributed by atoms with Gasteiger partial charge in [-0.05, 0) is 31.5 Å². The van der Waals surface area contributed by atoms with E-state index in [1.54, 1.807) is 6.07 Å². The Morgan fingerprint density at radius 3 is 2.70 bits per heavy atom. The molecular weight excluding hydrogens is 254 g/mol. The number of unbranched alkanes of at least 4 members (excludes halogenated alkanes) is 1. The number of primary amides is 1. The molecule has 0 aliphatic carbocycles. The standard InChI is InChI=1S/C15H25N3O2/c1-2-3-8-18(12-15(17)19)9-5-10-20-14-7-4-6-13(16)11-14/h4,6-7,11H,2-3,5,8-10,12,16H2,1H3,(H2,17,19). The molecule has 0 fully saturated rings. The Morgan fingerprint density at radius 2 is 2.05 bits per heavy atom. The van der Waals surface area contributed by atoms with E-state index in [1.165, 1.54) is 0 Å². The first-order chi connectivity index (χ1) is 9.61. The summed E-state index contributed by atoms with van der Waals surface area (Å²) < 4.78 is 5.62. The number of carbonyl (C=O) groups is 1. The van der Waals surface area contributed by atoms with Crippen LogP contribution in [0.2, 0.25) is 0 Å². The normalized spacial score (nSPS) is 10.7. The van der Waals surface area contributed by atoms with Crippen molar-refractivity contribution in [2.24, 2.45) is 5.73 Å². The molecule has 0 heterocycles. The average molecular weight is 279 g/mol. The van der Waals surface area contributed by atoms with E-state index in [1.807, 2.05) is 18.2 Å². The maximum atomic E-state index is 11.0. The molecule has 1 aromatic rings. The predicted molar refractivity (Wildman–Crippen MR) is 81.5 cm³/mol. The lowest BCUT2D eigenvalue weighted by Crippen LogP contribution is -2.35. The van der Waals surface area contributed by atoms with Crippen LogP contribution < -0.4 is 16.2 Å². The van der Waals surface area contributed by atoms with Crippen LogP contribution in [-0.2, 0) is 4.79 Å². The van der Waals surface area contributed by atoms with Gasteiger partial charge < -0.3 is 16.2 Å². The topological polar surface area (TPSA) is 81.6 Å². The fraction of sp³-hybridized carbons (Fsp3) is 0.533. The number of ether oxygens (including phenoxy) is 1. The Hall–Kier alpha value is -1.75. The number of hydrogen-bond donors (Lipinski definition) is 2. The van der Waals surface area contributed by atoms with E-state index in [-0.39, 0.29) is 5.91 Å². The lowest BCUT2D eigenvalue weighted by atomic mass is 10.3. The van der Waals surface area contributed by atoms with Gasteiger partial charge in [-0.15, -0.1) is 0 Å². The third-order valence-corrected chi connectivity index (χ3v) is 2.95. The Morgan fingerprint density at radius 1 is 1.30 bits per heavy atom. The van der Waals surface area contributed by atoms with Crippen LogP contribution in [0.5, 0.6) is 5.75 Å². The summed E-state index contributed by atoms with van der Waals surface area (Å²) in [4.78, 5) is 13.1. The number of nitrogens with two attached hydrogens (primary N) is 2. The van der Waals surface area contributed by atoms with E-state index in [0.717, 1.165) is 38.1 Å². The molecule has 5 nitrogen and oxygen atoms in total. The van der Waals surface area contributed by atoms with Crippen LogP contribution in [-0.4, -0.2) is 37.0 Å². The summed E-state index contributed by atoms with van der Waals surface area (Å²) in [5.74, 6) is 0.498. The molecular formula is C15H25N3O2. The molecule has 0 atom stereocenters. The van der Waals surface area contributed by atoms with Gasteiger partial charge in [0.2, 0.25) is 5.91 Å². The summed E-state index contributed by atoms with van der Waals surface area (Å²) in [5.41, 5.74) is 11.6. The van der Waals surface area contributed by atoms with Gasteiger partial charge in [-0.2, -0.15) is 0 Å². The average Bonchev–Trinajstić information content (AvgIpc) is 2.40. The zero-order valence-corrected chi connectivity index (χ0v) is 12.2. The highest BCUT2D eigenvalue weighted by Gasteiger charge is 2.07. The van der Waals surface area contributed by atoms with E-state index in [4.69, 9.17) is 16.2 Å². The minimum absolute atomic E-state index is 0.280. The van der Waals surface area contributed by atoms with Gasteiger partial charge in [0.05, 0.1) is 13.2 Å². The summed E-state index contributed by atoms with van der Waals surface area (Å²) in [6, 6.07) is 7.38. The van der Waals surface area contributed by atoms with Crippen LogP contribution in [0.4, 0.5) is 5.69 Å². The molecule has 0 aliphatic heterocycles. The first-order valence-corrected chi connectivity index (χ1v) is 7.10. The van der Waals surface area contributed by atoms with Crippen molar-refractivity contribution in [2.45, 2.75) is 26.2 Å². The van der Waals surface area contributed by atoms with E-state index in [9.17, 15) is 4.79 Å². The monoisotopic (exact) mass is 279 g/mol. The van der Waals surface area contributed by atoms with Crippen molar-refractivity contribution < 1.29 is 9.53 Å². The third-order valence-electron chi connectivity index (χ3n) is 2.95. The van der Waals surface area contributed by atoms with Crippen LogP contribution >= 0.6 is 0 Å². The van der Waals surface area contributed by atoms with Crippen LogP contribution in [0.3, 0.4) is 0 Å². The SMILES string of the molecule is CCCCN(CCCOc1cccc(N)c1)CC(N)=O. The molecule has 0 saturated heterocycles. The molecule has 112 valence electrons. The summed E-state index contributed by atoms with van der Waals surface area (Å²) in [7, 11) is 0. The van der Waals surface area contributed by atoms with Gasteiger partial charge >= 0.3 is 0 Å². The number of carbonyl (C=O) groups excluding carboxylic acids is 1. The fourth-order valence-corrected chi connectivity index (χ4v) is 1.95. The molecule has 0 aliphatic rings. The molecule has 5 heteroatoms. The van der Waals surface area contributed by atoms with E-state index >= 15 is 0 Å². The molecule has 0 saturated carbocycles. The van der Waals surface area contributed by atoms with Crippen LogP contribution in [0.25, 0.3) is 0 Å². The predicted octanol–water partition coefficient (Wildman–Crippen LogP) is 1.63. The van der Waals surface area contributed by atoms with Crippen molar-refractivity contribution >= 4 is 11.6 Å². The quantitative estimate of drug-likeness (QED) is 0.504. The third kappa shape index (κ3) is 6.99. The highest BCUT2D eigenvalue weighted by molar-refractivity contribution is 5.75. The molecule has 20 heavy (non-hydrogen) atoms. The van der Waals surface area contributed by atoms with Crippen molar-refractivity contribution in [1.82, 2.24) is 4.90 Å². The number of rotatable bonds is 10. The maximum absolute atomic E-state index is 11.0. The number of amides is 1. The van der Waals surface area contributed by atoms with Gasteiger partial charge in [0.25, 0.3) is 0 Å². The molecule has 0 bridgehead atoms. The second-order valence-corrected chi connectivity index (χ2v) is 4.87. The summed E-state index contributed by atoms with van der Waals surface area (Å²) in [6.07, 6.45) is 3.03. The molecule has 1 amide bonds. The van der Waals surface area contributed by atoms with Gasteiger partial charge in [-0.1, -0.05) is 19.4 Å². The number of nitrogen functional groups attached to an aromatic ring is 1. The van der Waals surface area contributed by atoms with Crippen molar-refractivity contribution in [3.63, 3.8) is 0 Å². The first-order valence-electron chi connectivity index (χ1n) is 7.10. The first kappa shape index (κ1) is 16.3. The Labute approximate surface area is 120 Å². The van der Waals surface area contributed by atoms with Gasteiger partial charge in [-0.3, -0.25) is 9.69 Å². The molecule has 0 unspecified atom stereocenters. The van der Waals surface area contributed by atoms with Crippen LogP contribution in [0.1, 0.15) is 26.2 Å². The Kier molecular flexibility index (Phi) is 7.50. The number of benzene rings is 1. The smallest absolute Gasteiger partial charge is 0.231 e. The zero-order chi connectivity index (χ0) is 14.8. The lowest BCUT2D eigenvalue weighted by Gasteiger charge is -2.20. The van der Waals surface area contributed by atoms with Gasteiger partial charge in [0.15, 0.2) is 0 Å². The van der Waals surface area contributed by atoms with Crippen molar-refractivity contribution in [3.8, 4) is 5.75 Å². The van der Waals surface area contributed by atoms with Crippen LogP contribution in [0.15, 0.2) is 24.3 Å². The second-order valence-electron chi connectivity index (χ2n) is 4.87. The van der Waals surface area contributed by atoms with Gasteiger partial charge in [-0.25, -0.2) is 0 Å². The molecule has 1 rings (SSSR count). The lowest BCUT2D eigenvalue weighted by molar-refractivity contribution is -0.119. The highest BCUT2D eigenvalue weighted by Crippen LogP contribution is 2.14. The summed E-state index contributed by atoms with van der Waals surface area (Å²) in [5, 5.41) is 0. The van der Waals surface area contributed by atoms with Crippen LogP contribution in [0, 0.1) is 0 Å². The number of nitrogens with zero attached hydrogens (tertiary/aromatic N) is 1. The minimum Gasteiger partial charge on any atom is -0.493 e.